The smallest absolute Gasteiger partial charge is 0.295 e. The van der Waals surface area contributed by atoms with Crippen molar-refractivity contribution in [3.05, 3.63) is 59.0 Å². The van der Waals surface area contributed by atoms with Gasteiger partial charge in [0.25, 0.3) is 5.69 Å². The molecule has 0 fully saturated rings. The van der Waals surface area contributed by atoms with Crippen molar-refractivity contribution in [2.45, 2.75) is 6.92 Å². The topological polar surface area (TPSA) is 55.3 Å². The molecular formula is C13H12N2O2+. The van der Waals surface area contributed by atoms with Gasteiger partial charge in [0, 0.05) is 6.07 Å². The molecule has 2 aromatic rings. The van der Waals surface area contributed by atoms with Crippen LogP contribution in [0.15, 0.2) is 42.5 Å². The molecule has 0 aliphatic carbocycles. The zero-order valence-electron chi connectivity index (χ0n) is 9.38. The van der Waals surface area contributed by atoms with E-state index in [9.17, 15) is 4.91 Å². The predicted molar refractivity (Wildman–Crippen MR) is 64.0 cm³/mol. The van der Waals surface area contributed by atoms with Crippen LogP contribution in [0.4, 0.5) is 5.69 Å². The molecule has 0 aromatic heterocycles. The Morgan fingerprint density at radius 1 is 1.24 bits per heavy atom. The van der Waals surface area contributed by atoms with Gasteiger partial charge in [-0.1, -0.05) is 12.1 Å². The van der Waals surface area contributed by atoms with Gasteiger partial charge in [0.05, 0.1) is 11.0 Å². The van der Waals surface area contributed by atoms with E-state index in [-0.39, 0.29) is 4.87 Å². The number of hydrazine groups is 1. The quantitative estimate of drug-likeness (QED) is 0.499. The molecule has 0 bridgehead atoms. The molecule has 0 aliphatic rings. The van der Waals surface area contributed by atoms with Gasteiger partial charge in [-0.3, -0.25) is 0 Å². The van der Waals surface area contributed by atoms with E-state index in [1.165, 1.54) is 6.07 Å². The number of benzene rings is 2. The van der Waals surface area contributed by atoms with Crippen molar-refractivity contribution in [1.82, 2.24) is 0 Å². The number of nitrogens with two attached hydrogens (primary N) is 1. The first kappa shape index (κ1) is 11.1. The van der Waals surface area contributed by atoms with Crippen LogP contribution in [0.25, 0.3) is 0 Å². The summed E-state index contributed by atoms with van der Waals surface area (Å²) in [5.41, 5.74) is 1.40. The first-order valence-corrected chi connectivity index (χ1v) is 5.13. The van der Waals surface area contributed by atoms with Gasteiger partial charge in [-0.25, -0.2) is 0 Å². The molecule has 4 heteroatoms. The normalized spacial score (nSPS) is 9.94. The van der Waals surface area contributed by atoms with Crippen LogP contribution in [-0.2, 0) is 0 Å². The number of aryl methyl sites for hydroxylation is 1. The van der Waals surface area contributed by atoms with E-state index in [1.807, 2.05) is 31.2 Å². The lowest BCUT2D eigenvalue weighted by Gasteiger charge is -2.05. The van der Waals surface area contributed by atoms with Gasteiger partial charge in [0.15, 0.2) is 4.87 Å². The average Bonchev–Trinajstić information content (AvgIpc) is 2.29. The highest BCUT2D eigenvalue weighted by Crippen LogP contribution is 2.24. The third kappa shape index (κ3) is 2.81. The Morgan fingerprint density at radius 3 is 2.76 bits per heavy atom. The molecule has 0 heterocycles. The molecule has 4 nitrogen and oxygen atoms in total. The summed E-state index contributed by atoms with van der Waals surface area (Å²) in [5, 5.41) is 0. The van der Waals surface area contributed by atoms with E-state index in [0.717, 1.165) is 5.56 Å². The number of nitroso groups, excluding NO2 is 1. The molecule has 0 unspecified atom stereocenters. The predicted octanol–water partition coefficient (Wildman–Crippen LogP) is 2.87. The molecule has 1 radical (unpaired) electrons. The van der Waals surface area contributed by atoms with Crippen LogP contribution in [0, 0.1) is 17.9 Å². The lowest BCUT2D eigenvalue weighted by atomic mass is 10.2. The van der Waals surface area contributed by atoms with Crippen molar-refractivity contribution >= 4 is 5.69 Å². The molecule has 2 N–H and O–H groups in total. The average molecular weight is 228 g/mol. The second-order valence-electron chi connectivity index (χ2n) is 3.67. The first-order valence-electron chi connectivity index (χ1n) is 5.13. The van der Waals surface area contributed by atoms with Crippen LogP contribution >= 0.6 is 0 Å². The van der Waals surface area contributed by atoms with E-state index in [0.29, 0.717) is 17.2 Å². The van der Waals surface area contributed by atoms with Crippen LogP contribution in [-0.4, -0.2) is 4.87 Å². The van der Waals surface area contributed by atoms with Crippen molar-refractivity contribution in [3.8, 4) is 11.5 Å². The van der Waals surface area contributed by atoms with Crippen LogP contribution < -0.4 is 10.6 Å². The summed E-state index contributed by atoms with van der Waals surface area (Å²) < 4.78 is 5.60. The van der Waals surface area contributed by atoms with Crippen molar-refractivity contribution in [1.29, 1.82) is 0 Å². The molecule has 0 atom stereocenters. The summed E-state index contributed by atoms with van der Waals surface area (Å²) in [6.45, 7) is 1.98. The van der Waals surface area contributed by atoms with Crippen molar-refractivity contribution in [2.75, 3.05) is 0 Å². The fraction of sp³-hybridized carbons (Fsp3) is 0.0769. The van der Waals surface area contributed by atoms with Gasteiger partial charge in [-0.15, -0.1) is 0 Å². The molecule has 0 spiro atoms. The van der Waals surface area contributed by atoms with Gasteiger partial charge in [0.1, 0.15) is 11.5 Å². The van der Waals surface area contributed by atoms with Crippen LogP contribution in [0.5, 0.6) is 11.5 Å². The fourth-order valence-corrected chi connectivity index (χ4v) is 1.44. The number of hydrogen-bond acceptors (Lipinski definition) is 2. The summed E-state index contributed by atoms with van der Waals surface area (Å²) in [7, 11) is 0. The maximum atomic E-state index is 10.9. The summed E-state index contributed by atoms with van der Waals surface area (Å²) in [6, 6.07) is 15.1. The van der Waals surface area contributed by atoms with E-state index >= 15 is 0 Å². The summed E-state index contributed by atoms with van der Waals surface area (Å²) in [5.74, 6) is 6.34. The van der Waals surface area contributed by atoms with E-state index < -0.39 is 0 Å². The maximum absolute atomic E-state index is 10.9. The van der Waals surface area contributed by atoms with E-state index in [1.54, 1.807) is 12.1 Å². The zero-order chi connectivity index (χ0) is 12.3. The maximum Gasteiger partial charge on any atom is 0.295 e. The van der Waals surface area contributed by atoms with Crippen LogP contribution in [0.1, 0.15) is 5.56 Å². The molecule has 0 amide bonds. The molecular weight excluding hydrogens is 216 g/mol. The third-order valence-electron chi connectivity index (χ3n) is 2.23. The highest BCUT2D eigenvalue weighted by molar-refractivity contribution is 5.40. The second-order valence-corrected chi connectivity index (χ2v) is 3.67. The molecule has 2 rings (SSSR count). The number of hydrogen-bond donors (Lipinski definition) is 1. The number of rotatable bonds is 3. The minimum absolute atomic E-state index is 0.277. The van der Waals surface area contributed by atoms with Gasteiger partial charge < -0.3 is 4.74 Å². The van der Waals surface area contributed by atoms with Crippen molar-refractivity contribution in [3.63, 3.8) is 0 Å². The fourth-order valence-electron chi connectivity index (χ4n) is 1.44. The van der Waals surface area contributed by atoms with Gasteiger partial charge >= 0.3 is 0 Å². The summed E-state index contributed by atoms with van der Waals surface area (Å²) in [4.78, 5) is 11.2. The lowest BCUT2D eigenvalue weighted by molar-refractivity contribution is -0.474. The minimum Gasteiger partial charge on any atom is -0.457 e. The minimum atomic E-state index is 0.277. The Morgan fingerprint density at radius 2 is 2.06 bits per heavy atom. The van der Waals surface area contributed by atoms with Crippen LogP contribution in [0.3, 0.4) is 0 Å². The monoisotopic (exact) mass is 228 g/mol. The first-order chi connectivity index (χ1) is 8.15. The zero-order valence-corrected chi connectivity index (χ0v) is 9.38. The molecule has 0 aliphatic heterocycles. The molecule has 17 heavy (non-hydrogen) atoms. The molecule has 85 valence electrons. The van der Waals surface area contributed by atoms with Gasteiger partial charge in [-0.05, 0) is 36.8 Å². The molecule has 0 saturated carbocycles. The Hall–Kier alpha value is -2.36. The Bertz CT molecular complexity index is 553. The number of nitrogens with zero attached hydrogens (tertiary/aromatic N) is 1. The van der Waals surface area contributed by atoms with Crippen LogP contribution in [0.2, 0.25) is 0 Å². The van der Waals surface area contributed by atoms with Crippen molar-refractivity contribution in [2.24, 2.45) is 5.84 Å². The summed E-state index contributed by atoms with van der Waals surface area (Å²) >= 11 is 0. The van der Waals surface area contributed by atoms with E-state index in [2.05, 4.69) is 6.07 Å². The third-order valence-corrected chi connectivity index (χ3v) is 2.23. The standard InChI is InChI=1S/C13H12N2O2/c1-10-4-2-6-12(8-10)17-13-7-3-5-11(9-13)15(14)16/h2,4-9H,1H3,(H2,14,16)/q+1. The largest absolute Gasteiger partial charge is 0.457 e. The number of ether oxygens (including phenoxy) is 1. The second kappa shape index (κ2) is 4.65. The Labute approximate surface area is 99.2 Å². The van der Waals surface area contributed by atoms with E-state index in [4.69, 9.17) is 10.6 Å². The summed E-state index contributed by atoms with van der Waals surface area (Å²) in [6.07, 6.45) is 0. The molecule has 0 saturated heterocycles. The SMILES string of the molecule is Cc1cccc(Oc2c[c]cc([N+](N)=O)c2)c1. The lowest BCUT2D eigenvalue weighted by Crippen LogP contribution is -2.08. The van der Waals surface area contributed by atoms with Gasteiger partial charge in [-0.2, -0.15) is 5.84 Å². The molecule has 2 aromatic carbocycles. The van der Waals surface area contributed by atoms with Gasteiger partial charge in [0.2, 0.25) is 0 Å². The Balaban J connectivity index is 2.24. The highest BCUT2D eigenvalue weighted by atomic mass is 16.5. The Kier molecular flexibility index (Phi) is 3.05. The van der Waals surface area contributed by atoms with Crippen molar-refractivity contribution < 1.29 is 9.61 Å². The highest BCUT2D eigenvalue weighted by Gasteiger charge is 2.09.